The molecular formula is C30H54. The zero-order chi connectivity index (χ0) is 21.7. The maximum absolute atomic E-state index is 2.76. The van der Waals surface area contributed by atoms with Crippen molar-refractivity contribution in [1.82, 2.24) is 0 Å². The Morgan fingerprint density at radius 3 is 2.20 bits per heavy atom. The SMILES string of the molecule is CC[C@@H](CC[C@@H](C)C1CCC2[C@@H]3CCC4C[C@@H](C)CC[C@]4(C)C3CC[C@@]21C)C(C)C. The number of rotatable bonds is 6. The normalized spacial score (nSPS) is 48.0. The molecular weight excluding hydrogens is 360 g/mol. The van der Waals surface area contributed by atoms with Crippen LogP contribution in [-0.2, 0) is 0 Å². The van der Waals surface area contributed by atoms with Gasteiger partial charge in [-0.2, -0.15) is 0 Å². The molecule has 0 aromatic heterocycles. The second-order valence-electron chi connectivity index (χ2n) is 13.7. The van der Waals surface area contributed by atoms with Crippen LogP contribution in [0, 0.1) is 64.1 Å². The maximum Gasteiger partial charge on any atom is -0.0264 e. The van der Waals surface area contributed by atoms with Crippen LogP contribution < -0.4 is 0 Å². The highest BCUT2D eigenvalue weighted by Crippen LogP contribution is 2.68. The standard InChI is InChI=1S/C30H54/c1-8-23(20(2)3)10-9-22(5)26-13-14-27-25-12-11-24-19-21(4)15-17-29(24,6)28(25)16-18-30(26,27)7/h20-28H,8-19H2,1-7H3/t21-,22+,23-,24?,25-,26?,27?,28?,29-,30+/m0/s1. The first-order valence-electron chi connectivity index (χ1n) is 14.2. The topological polar surface area (TPSA) is 0 Å². The minimum atomic E-state index is 0.658. The summed E-state index contributed by atoms with van der Waals surface area (Å²) in [7, 11) is 0. The van der Waals surface area contributed by atoms with E-state index in [1.165, 1.54) is 38.5 Å². The lowest BCUT2D eigenvalue weighted by molar-refractivity contribution is -0.120. The summed E-state index contributed by atoms with van der Waals surface area (Å²) in [5, 5.41) is 0. The van der Waals surface area contributed by atoms with Crippen molar-refractivity contribution in [3.63, 3.8) is 0 Å². The first kappa shape index (κ1) is 23.2. The first-order chi connectivity index (χ1) is 14.2. The molecule has 174 valence electrons. The van der Waals surface area contributed by atoms with Crippen molar-refractivity contribution in [3.8, 4) is 0 Å². The van der Waals surface area contributed by atoms with Gasteiger partial charge in [0.15, 0.2) is 0 Å². The van der Waals surface area contributed by atoms with Crippen LogP contribution in [-0.4, -0.2) is 0 Å². The molecule has 4 rings (SSSR count). The minimum absolute atomic E-state index is 0.658. The average Bonchev–Trinajstić information content (AvgIpc) is 3.06. The molecule has 0 heteroatoms. The Morgan fingerprint density at radius 1 is 0.800 bits per heavy atom. The van der Waals surface area contributed by atoms with Crippen LogP contribution in [0.2, 0.25) is 0 Å². The van der Waals surface area contributed by atoms with Crippen LogP contribution in [0.5, 0.6) is 0 Å². The lowest BCUT2D eigenvalue weighted by Gasteiger charge is -2.61. The van der Waals surface area contributed by atoms with Gasteiger partial charge in [-0.3, -0.25) is 0 Å². The van der Waals surface area contributed by atoms with Gasteiger partial charge in [0.2, 0.25) is 0 Å². The van der Waals surface area contributed by atoms with Crippen molar-refractivity contribution in [2.45, 2.75) is 126 Å². The van der Waals surface area contributed by atoms with Crippen LogP contribution in [0.3, 0.4) is 0 Å². The Labute approximate surface area is 189 Å². The molecule has 0 amide bonds. The molecule has 4 aliphatic carbocycles. The zero-order valence-electron chi connectivity index (χ0n) is 21.7. The van der Waals surface area contributed by atoms with Crippen molar-refractivity contribution in [1.29, 1.82) is 0 Å². The van der Waals surface area contributed by atoms with Gasteiger partial charge < -0.3 is 0 Å². The third-order valence-electron chi connectivity index (χ3n) is 12.1. The van der Waals surface area contributed by atoms with E-state index in [1.807, 2.05) is 0 Å². The molecule has 10 atom stereocenters. The van der Waals surface area contributed by atoms with Crippen LogP contribution in [0.4, 0.5) is 0 Å². The van der Waals surface area contributed by atoms with Crippen molar-refractivity contribution in [2.24, 2.45) is 64.1 Å². The molecule has 4 aliphatic rings. The molecule has 4 unspecified atom stereocenters. The molecule has 0 bridgehead atoms. The van der Waals surface area contributed by atoms with Gasteiger partial charge in [-0.1, -0.05) is 67.7 Å². The largest absolute Gasteiger partial charge is 0.0651 e. The van der Waals surface area contributed by atoms with E-state index in [2.05, 4.69) is 48.5 Å². The van der Waals surface area contributed by atoms with Crippen LogP contribution in [0.1, 0.15) is 126 Å². The molecule has 0 N–H and O–H groups in total. The summed E-state index contributed by atoms with van der Waals surface area (Å²) in [6, 6.07) is 0. The molecule has 0 aromatic carbocycles. The van der Waals surface area contributed by atoms with Gasteiger partial charge in [0.25, 0.3) is 0 Å². The van der Waals surface area contributed by atoms with E-state index in [0.29, 0.717) is 10.8 Å². The lowest BCUT2D eigenvalue weighted by Crippen LogP contribution is -2.53. The molecule has 4 saturated carbocycles. The summed E-state index contributed by atoms with van der Waals surface area (Å²) in [5.41, 5.74) is 1.34. The molecule has 30 heavy (non-hydrogen) atoms. The molecule has 0 aliphatic heterocycles. The van der Waals surface area contributed by atoms with Crippen molar-refractivity contribution >= 4 is 0 Å². The monoisotopic (exact) mass is 414 g/mol. The molecule has 0 radical (unpaired) electrons. The summed E-state index contributed by atoms with van der Waals surface area (Å²) < 4.78 is 0. The van der Waals surface area contributed by atoms with Crippen LogP contribution >= 0.6 is 0 Å². The summed E-state index contributed by atoms with van der Waals surface area (Å²) in [5.74, 6) is 8.95. The Kier molecular flexibility index (Phi) is 6.75. The van der Waals surface area contributed by atoms with Gasteiger partial charge >= 0.3 is 0 Å². The second-order valence-corrected chi connectivity index (χ2v) is 13.7. The fraction of sp³-hybridized carbons (Fsp3) is 1.00. The van der Waals surface area contributed by atoms with E-state index in [-0.39, 0.29) is 0 Å². The van der Waals surface area contributed by atoms with Gasteiger partial charge in [0, 0.05) is 0 Å². The third kappa shape index (κ3) is 3.83. The summed E-state index contributed by atoms with van der Waals surface area (Å²) in [4.78, 5) is 0. The Morgan fingerprint density at radius 2 is 1.50 bits per heavy atom. The lowest BCUT2D eigenvalue weighted by atomic mass is 9.44. The predicted molar refractivity (Wildman–Crippen MR) is 131 cm³/mol. The third-order valence-corrected chi connectivity index (χ3v) is 12.1. The van der Waals surface area contributed by atoms with E-state index in [1.54, 1.807) is 38.5 Å². The summed E-state index contributed by atoms with van der Waals surface area (Å²) >= 11 is 0. The quantitative estimate of drug-likeness (QED) is 0.406. The molecule has 0 spiro atoms. The summed E-state index contributed by atoms with van der Waals surface area (Å²) in [6.07, 6.45) is 18.2. The van der Waals surface area contributed by atoms with Crippen LogP contribution in [0.25, 0.3) is 0 Å². The van der Waals surface area contributed by atoms with Gasteiger partial charge in [-0.05, 0) is 122 Å². The highest BCUT2D eigenvalue weighted by molar-refractivity contribution is 5.09. The number of hydrogen-bond donors (Lipinski definition) is 0. The van der Waals surface area contributed by atoms with E-state index < -0.39 is 0 Å². The highest BCUT2D eigenvalue weighted by Gasteiger charge is 2.60. The maximum atomic E-state index is 2.76. The zero-order valence-corrected chi connectivity index (χ0v) is 21.7. The van der Waals surface area contributed by atoms with Gasteiger partial charge in [0.1, 0.15) is 0 Å². The molecule has 0 aromatic rings. The van der Waals surface area contributed by atoms with Crippen molar-refractivity contribution in [3.05, 3.63) is 0 Å². The fourth-order valence-corrected chi connectivity index (χ4v) is 10.1. The Balaban J connectivity index is 1.45. The average molecular weight is 415 g/mol. The van der Waals surface area contributed by atoms with Crippen molar-refractivity contribution < 1.29 is 0 Å². The van der Waals surface area contributed by atoms with Gasteiger partial charge in [0.05, 0.1) is 0 Å². The van der Waals surface area contributed by atoms with E-state index >= 15 is 0 Å². The first-order valence-corrected chi connectivity index (χ1v) is 14.2. The van der Waals surface area contributed by atoms with E-state index in [9.17, 15) is 0 Å². The van der Waals surface area contributed by atoms with Gasteiger partial charge in [-0.25, -0.2) is 0 Å². The predicted octanol–water partition coefficient (Wildman–Crippen LogP) is 9.38. The van der Waals surface area contributed by atoms with Gasteiger partial charge in [-0.15, -0.1) is 0 Å². The second kappa shape index (κ2) is 8.74. The number of hydrogen-bond acceptors (Lipinski definition) is 0. The molecule has 0 heterocycles. The summed E-state index contributed by atoms with van der Waals surface area (Å²) in [6.45, 7) is 18.0. The fourth-order valence-electron chi connectivity index (χ4n) is 10.1. The van der Waals surface area contributed by atoms with Crippen LogP contribution in [0.15, 0.2) is 0 Å². The Bertz CT molecular complexity index is 577. The van der Waals surface area contributed by atoms with E-state index in [0.717, 1.165) is 53.3 Å². The van der Waals surface area contributed by atoms with E-state index in [4.69, 9.17) is 0 Å². The molecule has 4 fully saturated rings. The number of fused-ring (bicyclic) bond motifs is 5. The molecule has 0 saturated heterocycles. The van der Waals surface area contributed by atoms with Crippen molar-refractivity contribution in [2.75, 3.05) is 0 Å². The molecule has 0 nitrogen and oxygen atoms in total. The smallest absolute Gasteiger partial charge is 0.0264 e. The Hall–Kier alpha value is 0. The highest BCUT2D eigenvalue weighted by atomic mass is 14.6. The minimum Gasteiger partial charge on any atom is -0.0651 e.